The lowest BCUT2D eigenvalue weighted by Gasteiger charge is -2.27. The third-order valence-corrected chi connectivity index (χ3v) is 6.21. The SMILES string of the molecule is O=C(c1cc(Cn2ccc(=O)c3ccccc32)ccc1F)N1CC=C(c2ccc(F)cc2)CC1. The maximum Gasteiger partial charge on any atom is 0.257 e. The molecule has 0 aliphatic carbocycles. The number of pyridine rings is 1. The minimum atomic E-state index is -0.563. The normalized spacial score (nSPS) is 13.7. The molecular formula is C28H22F2N2O2. The minimum Gasteiger partial charge on any atom is -0.343 e. The maximum atomic E-state index is 14.7. The van der Waals surface area contributed by atoms with E-state index < -0.39 is 5.82 Å². The molecule has 0 N–H and O–H groups in total. The van der Waals surface area contributed by atoms with Gasteiger partial charge in [-0.15, -0.1) is 0 Å². The van der Waals surface area contributed by atoms with E-state index in [1.165, 1.54) is 24.3 Å². The van der Waals surface area contributed by atoms with E-state index in [2.05, 4.69) is 0 Å². The van der Waals surface area contributed by atoms with Gasteiger partial charge in [-0.05, 0) is 59.5 Å². The highest BCUT2D eigenvalue weighted by Gasteiger charge is 2.22. The van der Waals surface area contributed by atoms with Gasteiger partial charge in [-0.3, -0.25) is 9.59 Å². The highest BCUT2D eigenvalue weighted by molar-refractivity contribution is 5.95. The summed E-state index contributed by atoms with van der Waals surface area (Å²) >= 11 is 0. The lowest BCUT2D eigenvalue weighted by atomic mass is 9.99. The third kappa shape index (κ3) is 4.27. The molecule has 3 aromatic carbocycles. The fraction of sp³-hybridized carbons (Fsp3) is 0.143. The van der Waals surface area contributed by atoms with Crippen LogP contribution >= 0.6 is 0 Å². The highest BCUT2D eigenvalue weighted by atomic mass is 19.1. The Hall–Kier alpha value is -4.06. The van der Waals surface area contributed by atoms with Crippen molar-refractivity contribution in [3.8, 4) is 0 Å². The minimum absolute atomic E-state index is 0.0292. The number of carbonyl (C=O) groups is 1. The molecule has 4 aromatic rings. The first-order valence-corrected chi connectivity index (χ1v) is 11.1. The number of hydrogen-bond acceptors (Lipinski definition) is 2. The maximum absolute atomic E-state index is 14.7. The Labute approximate surface area is 195 Å². The molecule has 0 radical (unpaired) electrons. The molecule has 1 aromatic heterocycles. The summed E-state index contributed by atoms with van der Waals surface area (Å²) in [4.78, 5) is 26.9. The average molecular weight is 456 g/mol. The highest BCUT2D eigenvalue weighted by Crippen LogP contribution is 2.24. The number of aromatic nitrogens is 1. The van der Waals surface area contributed by atoms with Crippen LogP contribution in [0.1, 0.15) is 27.9 Å². The van der Waals surface area contributed by atoms with Crippen molar-refractivity contribution < 1.29 is 13.6 Å². The Balaban J connectivity index is 1.37. The number of halogens is 2. The molecule has 34 heavy (non-hydrogen) atoms. The van der Waals surface area contributed by atoms with Crippen molar-refractivity contribution >= 4 is 22.4 Å². The second kappa shape index (κ2) is 9.06. The third-order valence-electron chi connectivity index (χ3n) is 6.21. The molecule has 1 aliphatic rings. The number of rotatable bonds is 4. The Morgan fingerprint density at radius 2 is 1.74 bits per heavy atom. The van der Waals surface area contributed by atoms with E-state index in [4.69, 9.17) is 0 Å². The van der Waals surface area contributed by atoms with Crippen molar-refractivity contribution in [1.29, 1.82) is 0 Å². The number of para-hydroxylation sites is 1. The monoisotopic (exact) mass is 456 g/mol. The molecule has 0 saturated carbocycles. The van der Waals surface area contributed by atoms with Crippen LogP contribution in [0.2, 0.25) is 0 Å². The molecule has 0 spiro atoms. The number of benzene rings is 3. The lowest BCUT2D eigenvalue weighted by molar-refractivity contribution is 0.0768. The summed E-state index contributed by atoms with van der Waals surface area (Å²) in [6, 6.07) is 19.7. The van der Waals surface area contributed by atoms with Crippen molar-refractivity contribution in [3.05, 3.63) is 124 Å². The summed E-state index contributed by atoms with van der Waals surface area (Å²) in [5.41, 5.74) is 3.49. The van der Waals surface area contributed by atoms with Gasteiger partial charge in [0.1, 0.15) is 11.6 Å². The topological polar surface area (TPSA) is 42.3 Å². The van der Waals surface area contributed by atoms with Crippen LogP contribution in [0.15, 0.2) is 89.9 Å². The predicted octanol–water partition coefficient (Wildman–Crippen LogP) is 5.26. The largest absolute Gasteiger partial charge is 0.343 e. The van der Waals surface area contributed by atoms with Crippen LogP contribution in [0, 0.1) is 11.6 Å². The van der Waals surface area contributed by atoms with E-state index in [0.717, 1.165) is 22.2 Å². The number of hydrogen-bond donors (Lipinski definition) is 0. The molecule has 1 amide bonds. The van der Waals surface area contributed by atoms with Crippen LogP contribution < -0.4 is 5.43 Å². The van der Waals surface area contributed by atoms with Crippen molar-refractivity contribution in [2.24, 2.45) is 0 Å². The van der Waals surface area contributed by atoms with Crippen LogP contribution in [0.5, 0.6) is 0 Å². The van der Waals surface area contributed by atoms with Gasteiger partial charge in [0.05, 0.1) is 11.1 Å². The molecule has 1 aliphatic heterocycles. The summed E-state index contributed by atoms with van der Waals surface area (Å²) in [7, 11) is 0. The Bertz CT molecular complexity index is 1470. The number of nitrogens with zero attached hydrogens (tertiary/aromatic N) is 2. The summed E-state index contributed by atoms with van der Waals surface area (Å²) in [5.74, 6) is -1.22. The first-order chi connectivity index (χ1) is 16.5. The average Bonchev–Trinajstić information content (AvgIpc) is 2.87. The van der Waals surface area contributed by atoms with Crippen LogP contribution in [0.3, 0.4) is 0 Å². The molecule has 0 bridgehead atoms. The van der Waals surface area contributed by atoms with Crippen molar-refractivity contribution in [2.45, 2.75) is 13.0 Å². The van der Waals surface area contributed by atoms with Crippen LogP contribution in [0.25, 0.3) is 16.5 Å². The molecular weight excluding hydrogens is 434 g/mol. The molecule has 170 valence electrons. The van der Waals surface area contributed by atoms with Crippen molar-refractivity contribution in [2.75, 3.05) is 13.1 Å². The first kappa shape index (κ1) is 21.8. The first-order valence-electron chi connectivity index (χ1n) is 11.1. The predicted molar refractivity (Wildman–Crippen MR) is 129 cm³/mol. The van der Waals surface area contributed by atoms with Gasteiger partial charge in [-0.2, -0.15) is 0 Å². The molecule has 4 nitrogen and oxygen atoms in total. The summed E-state index contributed by atoms with van der Waals surface area (Å²) < 4.78 is 29.8. The second-order valence-corrected chi connectivity index (χ2v) is 8.38. The molecule has 0 unspecified atom stereocenters. The van der Waals surface area contributed by atoms with Crippen LogP contribution in [0.4, 0.5) is 8.78 Å². The second-order valence-electron chi connectivity index (χ2n) is 8.38. The Kier molecular flexibility index (Phi) is 5.80. The molecule has 0 fully saturated rings. The molecule has 0 saturated heterocycles. The van der Waals surface area contributed by atoms with Gasteiger partial charge in [-0.1, -0.05) is 36.4 Å². The fourth-order valence-electron chi connectivity index (χ4n) is 4.38. The fourth-order valence-corrected chi connectivity index (χ4v) is 4.38. The van der Waals surface area contributed by atoms with Gasteiger partial charge in [0.25, 0.3) is 5.91 Å². The summed E-state index contributed by atoms with van der Waals surface area (Å²) in [6.07, 6.45) is 4.26. The van der Waals surface area contributed by atoms with Crippen LogP contribution in [-0.2, 0) is 6.54 Å². The number of fused-ring (bicyclic) bond motifs is 1. The van der Waals surface area contributed by atoms with E-state index >= 15 is 0 Å². The van der Waals surface area contributed by atoms with Gasteiger partial charge in [0, 0.05) is 37.3 Å². The molecule has 6 heteroatoms. The van der Waals surface area contributed by atoms with E-state index in [9.17, 15) is 18.4 Å². The standard InChI is InChI=1S/C28H22F2N2O2/c29-22-8-6-20(7-9-22)21-11-14-31(15-12-21)28(34)24-17-19(5-10-25(24)30)18-32-16-13-27(33)23-3-1-2-4-26(23)32/h1-11,13,16-17H,12,14-15,18H2. The zero-order chi connectivity index (χ0) is 23.7. The van der Waals surface area contributed by atoms with Crippen molar-refractivity contribution in [3.63, 3.8) is 0 Å². The zero-order valence-electron chi connectivity index (χ0n) is 18.4. The van der Waals surface area contributed by atoms with E-state index in [1.807, 2.05) is 28.8 Å². The van der Waals surface area contributed by atoms with Gasteiger partial charge in [0.15, 0.2) is 5.43 Å². The Morgan fingerprint density at radius 1 is 0.941 bits per heavy atom. The quantitative estimate of drug-likeness (QED) is 0.421. The lowest BCUT2D eigenvalue weighted by Crippen LogP contribution is -2.35. The molecule has 5 rings (SSSR count). The zero-order valence-corrected chi connectivity index (χ0v) is 18.4. The van der Waals surface area contributed by atoms with Gasteiger partial charge in [-0.25, -0.2) is 8.78 Å². The molecule has 0 atom stereocenters. The van der Waals surface area contributed by atoms with E-state index in [-0.39, 0.29) is 22.7 Å². The van der Waals surface area contributed by atoms with Gasteiger partial charge in [0.2, 0.25) is 0 Å². The number of amides is 1. The Morgan fingerprint density at radius 3 is 2.50 bits per heavy atom. The smallest absolute Gasteiger partial charge is 0.257 e. The number of carbonyl (C=O) groups excluding carboxylic acids is 1. The van der Waals surface area contributed by atoms with Gasteiger partial charge >= 0.3 is 0 Å². The van der Waals surface area contributed by atoms with Gasteiger partial charge < -0.3 is 9.47 Å². The van der Waals surface area contributed by atoms with E-state index in [1.54, 1.807) is 41.4 Å². The molecule has 2 heterocycles. The summed E-state index contributed by atoms with van der Waals surface area (Å²) in [6.45, 7) is 1.21. The van der Waals surface area contributed by atoms with Crippen LogP contribution in [-0.4, -0.2) is 28.5 Å². The summed E-state index contributed by atoms with van der Waals surface area (Å²) in [5, 5.41) is 0.612. The van der Waals surface area contributed by atoms with E-state index in [0.29, 0.717) is 31.4 Å². The van der Waals surface area contributed by atoms with Crippen molar-refractivity contribution in [1.82, 2.24) is 9.47 Å².